The van der Waals surface area contributed by atoms with Crippen LogP contribution in [-0.2, 0) is 0 Å². The normalized spacial score (nSPS) is 16.0. The highest BCUT2D eigenvalue weighted by molar-refractivity contribution is 7.12. The van der Waals surface area contributed by atoms with Gasteiger partial charge in [-0.3, -0.25) is 9.78 Å². The summed E-state index contributed by atoms with van der Waals surface area (Å²) in [5.74, 6) is 0.183. The summed E-state index contributed by atoms with van der Waals surface area (Å²) in [4.78, 5) is 19.4. The van der Waals surface area contributed by atoms with Gasteiger partial charge in [0.05, 0.1) is 10.6 Å². The van der Waals surface area contributed by atoms with E-state index in [4.69, 9.17) is 0 Å². The van der Waals surface area contributed by atoms with Crippen LogP contribution in [0.3, 0.4) is 0 Å². The van der Waals surface area contributed by atoms with Crippen LogP contribution >= 0.6 is 11.3 Å². The molecule has 0 spiro atoms. The maximum absolute atomic E-state index is 12.5. The summed E-state index contributed by atoms with van der Waals surface area (Å²) in [6.45, 7) is 3.63. The van der Waals surface area contributed by atoms with Crippen LogP contribution in [0.15, 0.2) is 36.0 Å². The number of nitrogens with zero attached hydrogens (tertiary/aromatic N) is 2. The zero-order chi connectivity index (χ0) is 14.7. The molecule has 21 heavy (non-hydrogen) atoms. The van der Waals surface area contributed by atoms with Crippen LogP contribution in [-0.4, -0.2) is 34.9 Å². The fraction of sp³-hybridized carbons (Fsp3) is 0.375. The number of nitrogens with one attached hydrogen (secondary N) is 1. The van der Waals surface area contributed by atoms with Gasteiger partial charge in [0.25, 0.3) is 5.91 Å². The minimum atomic E-state index is 0.183. The molecule has 4 nitrogen and oxygen atoms in total. The summed E-state index contributed by atoms with van der Waals surface area (Å²) in [6, 6.07) is 6.39. The van der Waals surface area contributed by atoms with Crippen molar-refractivity contribution in [3.05, 3.63) is 46.4 Å². The number of carbonyl (C=O) groups excluding carboxylic acids is 1. The number of carbonyl (C=O) groups is 1. The zero-order valence-corrected chi connectivity index (χ0v) is 12.9. The molecule has 0 unspecified atom stereocenters. The molecule has 0 saturated carbocycles. The third kappa shape index (κ3) is 3.24. The predicted molar refractivity (Wildman–Crippen MR) is 85.8 cm³/mol. The Labute approximate surface area is 128 Å². The number of piperidine rings is 1. The van der Waals surface area contributed by atoms with E-state index in [1.165, 1.54) is 11.3 Å². The van der Waals surface area contributed by atoms with Crippen molar-refractivity contribution < 1.29 is 4.79 Å². The molecule has 1 amide bonds. The second kappa shape index (κ2) is 6.26. The molecule has 1 fully saturated rings. The Morgan fingerprint density at radius 3 is 2.81 bits per heavy atom. The molecular weight excluding hydrogens is 282 g/mol. The minimum Gasteiger partial charge on any atom is -0.381 e. The van der Waals surface area contributed by atoms with Crippen LogP contribution in [0.25, 0.3) is 0 Å². The maximum Gasteiger partial charge on any atom is 0.264 e. The van der Waals surface area contributed by atoms with Crippen LogP contribution in [0.4, 0.5) is 5.69 Å². The highest BCUT2D eigenvalue weighted by atomic mass is 32.1. The lowest BCUT2D eigenvalue weighted by molar-refractivity contribution is 0.0723. The molecule has 0 aliphatic carbocycles. The van der Waals surface area contributed by atoms with E-state index in [-0.39, 0.29) is 5.91 Å². The van der Waals surface area contributed by atoms with Crippen molar-refractivity contribution in [3.63, 3.8) is 0 Å². The summed E-state index contributed by atoms with van der Waals surface area (Å²) in [6.07, 6.45) is 5.57. The predicted octanol–water partition coefficient (Wildman–Crippen LogP) is 3.17. The van der Waals surface area contributed by atoms with Crippen LogP contribution < -0.4 is 5.32 Å². The minimum absolute atomic E-state index is 0.183. The third-order valence-corrected chi connectivity index (χ3v) is 4.88. The van der Waals surface area contributed by atoms with E-state index in [1.54, 1.807) is 6.20 Å². The Hall–Kier alpha value is -1.88. The van der Waals surface area contributed by atoms with E-state index in [2.05, 4.69) is 10.3 Å². The lowest BCUT2D eigenvalue weighted by atomic mass is 10.0. The summed E-state index contributed by atoms with van der Waals surface area (Å²) in [7, 11) is 0. The highest BCUT2D eigenvalue weighted by Crippen LogP contribution is 2.22. The quantitative estimate of drug-likeness (QED) is 0.947. The van der Waals surface area contributed by atoms with Crippen LogP contribution in [0.1, 0.15) is 28.1 Å². The van der Waals surface area contributed by atoms with Crippen molar-refractivity contribution >= 4 is 22.9 Å². The first-order valence-corrected chi connectivity index (χ1v) is 8.12. The Kier molecular flexibility index (Phi) is 4.20. The van der Waals surface area contributed by atoms with Gasteiger partial charge in [-0.2, -0.15) is 0 Å². The van der Waals surface area contributed by atoms with E-state index in [0.29, 0.717) is 6.04 Å². The molecule has 1 aliphatic rings. The Morgan fingerprint density at radius 1 is 1.38 bits per heavy atom. The molecule has 2 aromatic rings. The Bertz CT molecular complexity index is 603. The molecule has 1 saturated heterocycles. The van der Waals surface area contributed by atoms with Gasteiger partial charge in [-0.1, -0.05) is 0 Å². The summed E-state index contributed by atoms with van der Waals surface area (Å²) < 4.78 is 0. The van der Waals surface area contributed by atoms with E-state index in [9.17, 15) is 4.79 Å². The highest BCUT2D eigenvalue weighted by Gasteiger charge is 2.24. The molecule has 0 bridgehead atoms. The molecule has 0 radical (unpaired) electrons. The van der Waals surface area contributed by atoms with Gasteiger partial charge in [0.15, 0.2) is 0 Å². The molecule has 3 heterocycles. The summed E-state index contributed by atoms with van der Waals surface area (Å²) in [5, 5.41) is 5.47. The van der Waals surface area contributed by atoms with Crippen molar-refractivity contribution in [1.82, 2.24) is 9.88 Å². The van der Waals surface area contributed by atoms with Crippen molar-refractivity contribution in [1.29, 1.82) is 0 Å². The van der Waals surface area contributed by atoms with Crippen molar-refractivity contribution in [3.8, 4) is 0 Å². The molecule has 5 heteroatoms. The van der Waals surface area contributed by atoms with Gasteiger partial charge in [-0.05, 0) is 48.9 Å². The molecule has 1 aliphatic heterocycles. The van der Waals surface area contributed by atoms with Gasteiger partial charge in [0.2, 0.25) is 0 Å². The molecule has 3 rings (SSSR count). The standard InChI is InChI=1S/C16H19N3OS/c1-12-6-10-21-15(12)16(20)19-8-4-13(5-9-19)18-14-3-2-7-17-11-14/h2-3,6-7,10-11,13,18H,4-5,8-9H2,1H3. The fourth-order valence-electron chi connectivity index (χ4n) is 2.65. The average molecular weight is 301 g/mol. The van der Waals surface area contributed by atoms with Crippen LogP contribution in [0.2, 0.25) is 0 Å². The van der Waals surface area contributed by atoms with E-state index < -0.39 is 0 Å². The number of aryl methyl sites for hydroxylation is 1. The van der Waals surface area contributed by atoms with Crippen molar-refractivity contribution in [2.24, 2.45) is 0 Å². The van der Waals surface area contributed by atoms with E-state index >= 15 is 0 Å². The molecule has 0 aromatic carbocycles. The summed E-state index contributed by atoms with van der Waals surface area (Å²) in [5.41, 5.74) is 2.14. The molecule has 0 atom stereocenters. The number of anilines is 1. The lowest BCUT2D eigenvalue weighted by Crippen LogP contribution is -2.42. The molecule has 110 valence electrons. The lowest BCUT2D eigenvalue weighted by Gasteiger charge is -2.32. The SMILES string of the molecule is Cc1ccsc1C(=O)N1CCC(Nc2cccnc2)CC1. The number of thiophene rings is 1. The topological polar surface area (TPSA) is 45.2 Å². The van der Waals surface area contributed by atoms with Gasteiger partial charge in [-0.15, -0.1) is 11.3 Å². The third-order valence-electron chi connectivity index (χ3n) is 3.87. The van der Waals surface area contributed by atoms with E-state index in [1.807, 2.05) is 41.6 Å². The largest absolute Gasteiger partial charge is 0.381 e. The number of rotatable bonds is 3. The first kappa shape index (κ1) is 14.1. The molecule has 2 aromatic heterocycles. The molecule has 1 N–H and O–H groups in total. The fourth-order valence-corrected chi connectivity index (χ4v) is 3.54. The first-order chi connectivity index (χ1) is 10.2. The van der Waals surface area contributed by atoms with Gasteiger partial charge in [-0.25, -0.2) is 0 Å². The van der Waals surface area contributed by atoms with Crippen LogP contribution in [0.5, 0.6) is 0 Å². The number of amides is 1. The first-order valence-electron chi connectivity index (χ1n) is 7.24. The Morgan fingerprint density at radius 2 is 2.19 bits per heavy atom. The number of aromatic nitrogens is 1. The van der Waals surface area contributed by atoms with Gasteiger partial charge in [0, 0.05) is 31.5 Å². The van der Waals surface area contributed by atoms with Gasteiger partial charge < -0.3 is 10.2 Å². The summed E-state index contributed by atoms with van der Waals surface area (Å²) >= 11 is 1.54. The molecular formula is C16H19N3OS. The van der Waals surface area contributed by atoms with Gasteiger partial charge in [0.1, 0.15) is 0 Å². The van der Waals surface area contributed by atoms with Gasteiger partial charge >= 0.3 is 0 Å². The van der Waals surface area contributed by atoms with Crippen LogP contribution in [0, 0.1) is 6.92 Å². The maximum atomic E-state index is 12.5. The zero-order valence-electron chi connectivity index (χ0n) is 12.1. The van der Waals surface area contributed by atoms with Crippen molar-refractivity contribution in [2.45, 2.75) is 25.8 Å². The number of hydrogen-bond acceptors (Lipinski definition) is 4. The smallest absolute Gasteiger partial charge is 0.264 e. The number of likely N-dealkylation sites (tertiary alicyclic amines) is 1. The number of pyridine rings is 1. The average Bonchev–Trinajstić information content (AvgIpc) is 2.94. The number of hydrogen-bond donors (Lipinski definition) is 1. The second-order valence-electron chi connectivity index (χ2n) is 5.39. The second-order valence-corrected chi connectivity index (χ2v) is 6.30. The monoisotopic (exact) mass is 301 g/mol. The van der Waals surface area contributed by atoms with E-state index in [0.717, 1.165) is 42.1 Å². The van der Waals surface area contributed by atoms with Crippen molar-refractivity contribution in [2.75, 3.05) is 18.4 Å². The Balaban J connectivity index is 1.56.